The first-order valence-electron chi connectivity index (χ1n) is 8.28. The van der Waals surface area contributed by atoms with Crippen LogP contribution in [-0.4, -0.2) is 28.5 Å². The number of hydrogen-bond acceptors (Lipinski definition) is 5. The molecule has 0 saturated carbocycles. The molecule has 2 aromatic carbocycles. The Kier molecular flexibility index (Phi) is 4.77. The number of amides is 1. The maximum Gasteiger partial charge on any atom is 0.261 e. The number of carbonyl (C=O) groups is 1. The van der Waals surface area contributed by atoms with Crippen LogP contribution in [0.4, 0.5) is 11.4 Å². The molecule has 9 heteroatoms. The zero-order valence-electron chi connectivity index (χ0n) is 15.1. The maximum atomic E-state index is 12.6. The van der Waals surface area contributed by atoms with Crippen LogP contribution in [0.15, 0.2) is 47.4 Å². The molecule has 2 aromatic rings. The molecular weight excluding hydrogens is 388 g/mol. The SMILES string of the molecule is Cc1ccc(NS(=O)(=O)c2ccc(N3C(=O)C(C)CS3(=O)=O)cc2)cc1C. The van der Waals surface area contributed by atoms with Crippen molar-refractivity contribution in [2.24, 2.45) is 5.92 Å². The normalized spacial score (nSPS) is 19.3. The van der Waals surface area contributed by atoms with Crippen LogP contribution in [0.3, 0.4) is 0 Å². The highest BCUT2D eigenvalue weighted by Crippen LogP contribution is 2.29. The quantitative estimate of drug-likeness (QED) is 0.837. The van der Waals surface area contributed by atoms with Crippen LogP contribution in [0.1, 0.15) is 18.1 Å². The molecule has 1 unspecified atom stereocenters. The Labute approximate surface area is 159 Å². The van der Waals surface area contributed by atoms with Crippen LogP contribution in [-0.2, 0) is 24.8 Å². The van der Waals surface area contributed by atoms with E-state index in [2.05, 4.69) is 4.72 Å². The lowest BCUT2D eigenvalue weighted by atomic mass is 10.1. The lowest BCUT2D eigenvalue weighted by Gasteiger charge is -2.16. The zero-order chi connectivity index (χ0) is 20.0. The van der Waals surface area contributed by atoms with Gasteiger partial charge in [-0.1, -0.05) is 13.0 Å². The third kappa shape index (κ3) is 3.70. The number of aryl methyl sites for hydroxylation is 2. The van der Waals surface area contributed by atoms with Gasteiger partial charge in [0.15, 0.2) is 0 Å². The molecule has 0 bridgehead atoms. The largest absolute Gasteiger partial charge is 0.280 e. The highest BCUT2D eigenvalue weighted by atomic mass is 32.2. The number of anilines is 2. The second kappa shape index (κ2) is 6.65. The number of carbonyl (C=O) groups excluding carboxylic acids is 1. The minimum Gasteiger partial charge on any atom is -0.280 e. The van der Waals surface area contributed by atoms with Gasteiger partial charge in [0.2, 0.25) is 15.9 Å². The molecular formula is C18H20N2O5S2. The van der Waals surface area contributed by atoms with E-state index < -0.39 is 31.9 Å². The summed E-state index contributed by atoms with van der Waals surface area (Å²) in [6.45, 7) is 5.36. The van der Waals surface area contributed by atoms with E-state index in [1.807, 2.05) is 19.9 Å². The van der Waals surface area contributed by atoms with E-state index >= 15 is 0 Å². The Bertz CT molecular complexity index is 1110. The van der Waals surface area contributed by atoms with Crippen LogP contribution in [0.5, 0.6) is 0 Å². The maximum absolute atomic E-state index is 12.6. The zero-order valence-corrected chi connectivity index (χ0v) is 16.8. The monoisotopic (exact) mass is 408 g/mol. The van der Waals surface area contributed by atoms with Crippen LogP contribution >= 0.6 is 0 Å². The van der Waals surface area contributed by atoms with Gasteiger partial charge in [-0.3, -0.25) is 9.52 Å². The molecule has 144 valence electrons. The first-order valence-corrected chi connectivity index (χ1v) is 11.4. The summed E-state index contributed by atoms with van der Waals surface area (Å²) in [7, 11) is -7.56. The molecule has 1 N–H and O–H groups in total. The summed E-state index contributed by atoms with van der Waals surface area (Å²) in [4.78, 5) is 12.1. The van der Waals surface area contributed by atoms with Gasteiger partial charge in [-0.05, 0) is 61.4 Å². The van der Waals surface area contributed by atoms with Crippen molar-refractivity contribution in [2.75, 3.05) is 14.8 Å². The van der Waals surface area contributed by atoms with Gasteiger partial charge in [-0.2, -0.15) is 0 Å². The van der Waals surface area contributed by atoms with Gasteiger partial charge < -0.3 is 0 Å². The van der Waals surface area contributed by atoms with Gasteiger partial charge in [0.05, 0.1) is 22.3 Å². The molecule has 0 aromatic heterocycles. The lowest BCUT2D eigenvalue weighted by Crippen LogP contribution is -2.30. The van der Waals surface area contributed by atoms with Crippen molar-refractivity contribution in [1.82, 2.24) is 0 Å². The predicted octanol–water partition coefficient (Wildman–Crippen LogP) is 2.42. The van der Waals surface area contributed by atoms with Crippen molar-refractivity contribution in [3.8, 4) is 0 Å². The first-order chi connectivity index (χ1) is 12.5. The molecule has 27 heavy (non-hydrogen) atoms. The molecule has 0 spiro atoms. The third-order valence-electron chi connectivity index (χ3n) is 4.50. The molecule has 1 aliphatic heterocycles. The standard InChI is InChI=1S/C18H20N2O5S2/c1-12-4-5-15(10-13(12)2)19-27(24,25)17-8-6-16(7-9-17)20-18(21)14(3)11-26(20,22)23/h4-10,14,19H,11H2,1-3H3. The van der Waals surface area contributed by atoms with Crippen LogP contribution in [0, 0.1) is 19.8 Å². The average molecular weight is 409 g/mol. The minimum atomic E-state index is -3.84. The fraction of sp³-hybridized carbons (Fsp3) is 0.278. The van der Waals surface area contributed by atoms with E-state index in [-0.39, 0.29) is 16.3 Å². The summed E-state index contributed by atoms with van der Waals surface area (Å²) in [5.41, 5.74) is 2.58. The fourth-order valence-electron chi connectivity index (χ4n) is 2.87. The van der Waals surface area contributed by atoms with Gasteiger partial charge in [0, 0.05) is 5.69 Å². The van der Waals surface area contributed by atoms with Crippen LogP contribution in [0.2, 0.25) is 0 Å². The Hall–Kier alpha value is -2.39. The summed E-state index contributed by atoms with van der Waals surface area (Å²) >= 11 is 0. The predicted molar refractivity (Wildman–Crippen MR) is 104 cm³/mol. The molecule has 1 atom stereocenters. The molecule has 7 nitrogen and oxygen atoms in total. The van der Waals surface area contributed by atoms with Crippen molar-refractivity contribution in [3.05, 3.63) is 53.6 Å². The molecule has 1 amide bonds. The smallest absolute Gasteiger partial charge is 0.261 e. The number of nitrogens with zero attached hydrogens (tertiary/aromatic N) is 1. The number of hydrogen-bond donors (Lipinski definition) is 1. The second-order valence-electron chi connectivity index (χ2n) is 6.68. The van der Waals surface area contributed by atoms with E-state index in [9.17, 15) is 21.6 Å². The van der Waals surface area contributed by atoms with E-state index in [0.29, 0.717) is 5.69 Å². The van der Waals surface area contributed by atoms with Crippen molar-refractivity contribution < 1.29 is 21.6 Å². The van der Waals surface area contributed by atoms with E-state index in [1.54, 1.807) is 19.1 Å². The number of nitrogens with one attached hydrogen (secondary N) is 1. The van der Waals surface area contributed by atoms with E-state index in [0.717, 1.165) is 15.4 Å². The summed E-state index contributed by atoms with van der Waals surface area (Å²) in [6, 6.07) is 10.4. The summed E-state index contributed by atoms with van der Waals surface area (Å²) in [6.07, 6.45) is 0. The number of sulfonamides is 2. The summed E-state index contributed by atoms with van der Waals surface area (Å²) < 4.78 is 52.6. The third-order valence-corrected chi connectivity index (χ3v) is 7.77. The first kappa shape index (κ1) is 19.4. The fourth-order valence-corrected chi connectivity index (χ4v) is 5.74. The number of benzene rings is 2. The van der Waals surface area contributed by atoms with Crippen molar-refractivity contribution in [1.29, 1.82) is 0 Å². The van der Waals surface area contributed by atoms with Crippen LogP contribution in [0.25, 0.3) is 0 Å². The highest BCUT2D eigenvalue weighted by Gasteiger charge is 2.41. The molecule has 1 heterocycles. The van der Waals surface area contributed by atoms with Crippen molar-refractivity contribution >= 4 is 37.3 Å². The van der Waals surface area contributed by atoms with Crippen molar-refractivity contribution in [3.63, 3.8) is 0 Å². The van der Waals surface area contributed by atoms with E-state index in [4.69, 9.17) is 0 Å². The van der Waals surface area contributed by atoms with E-state index in [1.165, 1.54) is 24.3 Å². The molecule has 1 aliphatic rings. The topological polar surface area (TPSA) is 101 Å². The molecule has 0 aliphatic carbocycles. The van der Waals surface area contributed by atoms with Gasteiger partial charge in [-0.25, -0.2) is 21.1 Å². The number of rotatable bonds is 4. The van der Waals surface area contributed by atoms with Gasteiger partial charge in [0.25, 0.3) is 10.0 Å². The Morgan fingerprint density at radius 2 is 1.67 bits per heavy atom. The van der Waals surface area contributed by atoms with Gasteiger partial charge in [-0.15, -0.1) is 0 Å². The summed E-state index contributed by atoms with van der Waals surface area (Å²) in [5.74, 6) is -1.39. The second-order valence-corrected chi connectivity index (χ2v) is 10.2. The Morgan fingerprint density at radius 3 is 2.19 bits per heavy atom. The Morgan fingerprint density at radius 1 is 1.04 bits per heavy atom. The van der Waals surface area contributed by atoms with Gasteiger partial charge >= 0.3 is 0 Å². The summed E-state index contributed by atoms with van der Waals surface area (Å²) in [5, 5.41) is 0. The van der Waals surface area contributed by atoms with Crippen molar-refractivity contribution in [2.45, 2.75) is 25.7 Å². The average Bonchev–Trinajstić information content (AvgIpc) is 2.78. The molecule has 1 fully saturated rings. The highest BCUT2D eigenvalue weighted by molar-refractivity contribution is 7.94. The molecule has 1 saturated heterocycles. The van der Waals surface area contributed by atoms with Gasteiger partial charge in [0.1, 0.15) is 0 Å². The molecule has 0 radical (unpaired) electrons. The Balaban J connectivity index is 1.88. The minimum absolute atomic E-state index is 0.0263. The molecule has 3 rings (SSSR count). The van der Waals surface area contributed by atoms with Crippen LogP contribution < -0.4 is 9.03 Å². The lowest BCUT2D eigenvalue weighted by molar-refractivity contribution is -0.119.